The van der Waals surface area contributed by atoms with Crippen molar-refractivity contribution in [2.24, 2.45) is 5.92 Å². The Balaban J connectivity index is 1.70. The first-order valence-corrected chi connectivity index (χ1v) is 6.79. The highest BCUT2D eigenvalue weighted by Gasteiger charge is 2.44. The lowest BCUT2D eigenvalue weighted by molar-refractivity contribution is -0.142. The molecule has 0 N–H and O–H groups in total. The largest absolute Gasteiger partial charge is 0.381 e. The Hall–Kier alpha value is -0.830. The molecule has 0 aromatic rings. The summed E-state index contributed by atoms with van der Waals surface area (Å²) >= 11 is 0. The smallest absolute Gasteiger partial charge is 0.226 e. The molecular weight excluding hydrogens is 214 g/mol. The average molecular weight is 235 g/mol. The first kappa shape index (κ1) is 11.3. The first-order chi connectivity index (χ1) is 8.29. The predicted octanol–water partition coefficient (Wildman–Crippen LogP) is 2.12. The minimum Gasteiger partial charge on any atom is -0.381 e. The molecule has 3 aliphatic rings. The van der Waals surface area contributed by atoms with E-state index in [4.69, 9.17) is 4.74 Å². The Morgan fingerprint density at radius 1 is 1.18 bits per heavy atom. The molecule has 0 saturated carbocycles. The highest BCUT2D eigenvalue weighted by Crippen LogP contribution is 2.38. The number of methoxy groups -OCH3 is 1. The van der Waals surface area contributed by atoms with Crippen LogP contribution in [-0.2, 0) is 9.53 Å². The Kier molecular flexibility index (Phi) is 2.95. The molecule has 3 rings (SSSR count). The van der Waals surface area contributed by atoms with Crippen LogP contribution < -0.4 is 0 Å². The van der Waals surface area contributed by atoms with Gasteiger partial charge in [-0.1, -0.05) is 12.2 Å². The molecular formula is C14H21NO2. The van der Waals surface area contributed by atoms with Crippen LogP contribution in [0.25, 0.3) is 0 Å². The summed E-state index contributed by atoms with van der Waals surface area (Å²) in [6, 6.07) is 0.901. The summed E-state index contributed by atoms with van der Waals surface area (Å²) in [5, 5.41) is 0. The van der Waals surface area contributed by atoms with Crippen LogP contribution in [0.5, 0.6) is 0 Å². The van der Waals surface area contributed by atoms with Gasteiger partial charge in [0.05, 0.1) is 6.10 Å². The van der Waals surface area contributed by atoms with Crippen molar-refractivity contribution in [3.05, 3.63) is 12.2 Å². The van der Waals surface area contributed by atoms with Gasteiger partial charge in [0, 0.05) is 25.1 Å². The molecule has 0 aromatic carbocycles. The molecule has 2 bridgehead atoms. The maximum absolute atomic E-state index is 12.5. The number of rotatable bonds is 2. The lowest BCUT2D eigenvalue weighted by Crippen LogP contribution is -2.50. The number of amides is 1. The van der Waals surface area contributed by atoms with Crippen LogP contribution in [0.4, 0.5) is 0 Å². The van der Waals surface area contributed by atoms with Crippen molar-refractivity contribution in [3.63, 3.8) is 0 Å². The van der Waals surface area contributed by atoms with E-state index in [1.165, 1.54) is 12.8 Å². The van der Waals surface area contributed by atoms with Gasteiger partial charge in [-0.2, -0.15) is 0 Å². The van der Waals surface area contributed by atoms with E-state index in [0.29, 0.717) is 24.1 Å². The summed E-state index contributed by atoms with van der Waals surface area (Å²) < 4.78 is 5.48. The minimum absolute atomic E-state index is 0.234. The summed E-state index contributed by atoms with van der Waals surface area (Å²) in [7, 11) is 1.79. The van der Waals surface area contributed by atoms with Crippen LogP contribution in [0, 0.1) is 5.92 Å². The maximum Gasteiger partial charge on any atom is 0.226 e. The molecule has 2 saturated heterocycles. The average Bonchev–Trinajstić information content (AvgIpc) is 2.95. The van der Waals surface area contributed by atoms with E-state index < -0.39 is 0 Å². The standard InChI is InChI=1S/C14H21NO2/c1-17-13-8-11-6-7-12(9-13)15(11)14(16)10-4-2-3-5-10/h2-3,10-13H,4-9H2,1H3/t11-,12+,13?. The summed E-state index contributed by atoms with van der Waals surface area (Å²) in [6.45, 7) is 0. The maximum atomic E-state index is 12.5. The van der Waals surface area contributed by atoms with Crippen molar-refractivity contribution in [2.45, 2.75) is 56.7 Å². The van der Waals surface area contributed by atoms with E-state index in [1.54, 1.807) is 7.11 Å². The molecule has 0 radical (unpaired) electrons. The number of allylic oxidation sites excluding steroid dienone is 2. The van der Waals surface area contributed by atoms with E-state index in [9.17, 15) is 4.79 Å². The topological polar surface area (TPSA) is 29.5 Å². The second-order valence-electron chi connectivity index (χ2n) is 5.60. The minimum atomic E-state index is 0.234. The third kappa shape index (κ3) is 1.90. The Morgan fingerprint density at radius 2 is 1.76 bits per heavy atom. The van der Waals surface area contributed by atoms with Gasteiger partial charge in [0.15, 0.2) is 0 Å². The van der Waals surface area contributed by atoms with Crippen LogP contribution in [-0.4, -0.2) is 36.1 Å². The van der Waals surface area contributed by atoms with Crippen molar-refractivity contribution in [1.82, 2.24) is 4.90 Å². The van der Waals surface area contributed by atoms with Gasteiger partial charge < -0.3 is 9.64 Å². The molecule has 3 heteroatoms. The highest BCUT2D eigenvalue weighted by atomic mass is 16.5. The zero-order valence-corrected chi connectivity index (χ0v) is 10.5. The van der Waals surface area contributed by atoms with Crippen molar-refractivity contribution < 1.29 is 9.53 Å². The predicted molar refractivity (Wildman–Crippen MR) is 65.6 cm³/mol. The number of carbonyl (C=O) groups excluding carboxylic acids is 1. The number of fused-ring (bicyclic) bond motifs is 2. The van der Waals surface area contributed by atoms with Crippen molar-refractivity contribution >= 4 is 5.91 Å². The zero-order chi connectivity index (χ0) is 11.8. The molecule has 1 aliphatic carbocycles. The molecule has 94 valence electrons. The van der Waals surface area contributed by atoms with Crippen LogP contribution in [0.3, 0.4) is 0 Å². The van der Waals surface area contributed by atoms with E-state index in [1.807, 2.05) is 0 Å². The van der Waals surface area contributed by atoms with Crippen LogP contribution in [0.15, 0.2) is 12.2 Å². The normalized spacial score (nSPS) is 36.8. The first-order valence-electron chi connectivity index (χ1n) is 6.79. The third-order valence-electron chi connectivity index (χ3n) is 4.63. The fourth-order valence-electron chi connectivity index (χ4n) is 3.71. The van der Waals surface area contributed by atoms with Crippen LogP contribution in [0.1, 0.15) is 38.5 Å². The molecule has 3 nitrogen and oxygen atoms in total. The van der Waals surface area contributed by atoms with E-state index >= 15 is 0 Å². The molecule has 2 heterocycles. The summed E-state index contributed by atoms with van der Waals surface area (Å²) in [4.78, 5) is 14.7. The number of piperidine rings is 1. The lowest BCUT2D eigenvalue weighted by atomic mass is 9.96. The fraction of sp³-hybridized carbons (Fsp3) is 0.786. The lowest BCUT2D eigenvalue weighted by Gasteiger charge is -2.39. The van der Waals surface area contributed by atoms with Crippen molar-refractivity contribution in [3.8, 4) is 0 Å². The summed E-state index contributed by atoms with van der Waals surface area (Å²) in [5.74, 6) is 0.634. The number of nitrogens with zero attached hydrogens (tertiary/aromatic N) is 1. The number of hydrogen-bond donors (Lipinski definition) is 0. The molecule has 17 heavy (non-hydrogen) atoms. The van der Waals surface area contributed by atoms with E-state index in [2.05, 4.69) is 17.1 Å². The molecule has 2 fully saturated rings. The van der Waals surface area contributed by atoms with Gasteiger partial charge in [0.1, 0.15) is 0 Å². The van der Waals surface area contributed by atoms with E-state index in [-0.39, 0.29) is 5.92 Å². The Morgan fingerprint density at radius 3 is 2.29 bits per heavy atom. The molecule has 0 aromatic heterocycles. The molecule has 0 spiro atoms. The number of hydrogen-bond acceptors (Lipinski definition) is 2. The van der Waals surface area contributed by atoms with Gasteiger partial charge in [-0.25, -0.2) is 0 Å². The van der Waals surface area contributed by atoms with E-state index in [0.717, 1.165) is 25.7 Å². The second kappa shape index (κ2) is 4.45. The fourth-order valence-corrected chi connectivity index (χ4v) is 3.71. The number of carbonyl (C=O) groups is 1. The van der Waals surface area contributed by atoms with Crippen LogP contribution in [0.2, 0.25) is 0 Å². The van der Waals surface area contributed by atoms with Gasteiger partial charge >= 0.3 is 0 Å². The monoisotopic (exact) mass is 235 g/mol. The van der Waals surface area contributed by atoms with Gasteiger partial charge in [0.2, 0.25) is 5.91 Å². The Labute approximate surface area is 103 Å². The van der Waals surface area contributed by atoms with Gasteiger partial charge in [-0.15, -0.1) is 0 Å². The zero-order valence-electron chi connectivity index (χ0n) is 10.5. The molecule has 3 atom stereocenters. The van der Waals surface area contributed by atoms with Crippen molar-refractivity contribution in [2.75, 3.05) is 7.11 Å². The van der Waals surface area contributed by atoms with Crippen molar-refractivity contribution in [1.29, 1.82) is 0 Å². The van der Waals surface area contributed by atoms with Crippen LogP contribution >= 0.6 is 0 Å². The quantitative estimate of drug-likeness (QED) is 0.686. The second-order valence-corrected chi connectivity index (χ2v) is 5.60. The molecule has 1 unspecified atom stereocenters. The van der Waals surface area contributed by atoms with Gasteiger partial charge in [0.25, 0.3) is 0 Å². The molecule has 1 amide bonds. The molecule has 2 aliphatic heterocycles. The summed E-state index contributed by atoms with van der Waals surface area (Å²) in [5.41, 5.74) is 0. The number of ether oxygens (including phenoxy) is 1. The Bertz CT molecular complexity index is 317. The summed E-state index contributed by atoms with van der Waals surface area (Å²) in [6.07, 6.45) is 11.0. The highest BCUT2D eigenvalue weighted by molar-refractivity contribution is 5.80. The third-order valence-corrected chi connectivity index (χ3v) is 4.63. The van der Waals surface area contributed by atoms with Gasteiger partial charge in [-0.3, -0.25) is 4.79 Å². The van der Waals surface area contributed by atoms with Gasteiger partial charge in [-0.05, 0) is 38.5 Å². The SMILES string of the molecule is COC1C[C@H]2CC[C@@H](C1)N2C(=O)C1CC=CC1.